The standard InChI is InChI=1S/C13H20N2O2S/c1-3-15(2)18(16,17)13-8-4-11(5-9-13)10-14-12-6-7-12/h4-5,8-9,12,14H,3,6-7,10H2,1-2H3. The number of benzene rings is 1. The minimum atomic E-state index is -3.31. The molecule has 0 unspecified atom stereocenters. The highest BCUT2D eigenvalue weighted by atomic mass is 32.2. The van der Waals surface area contributed by atoms with Gasteiger partial charge < -0.3 is 5.32 Å². The Balaban J connectivity index is 2.06. The van der Waals surface area contributed by atoms with Crippen molar-refractivity contribution in [2.75, 3.05) is 13.6 Å². The van der Waals surface area contributed by atoms with E-state index in [1.807, 2.05) is 19.1 Å². The quantitative estimate of drug-likeness (QED) is 0.852. The van der Waals surface area contributed by atoms with Crippen LogP contribution in [0.4, 0.5) is 0 Å². The average Bonchev–Trinajstić information content (AvgIpc) is 3.20. The van der Waals surface area contributed by atoms with E-state index in [9.17, 15) is 8.42 Å². The molecule has 18 heavy (non-hydrogen) atoms. The van der Waals surface area contributed by atoms with Crippen LogP contribution in [-0.2, 0) is 16.6 Å². The largest absolute Gasteiger partial charge is 0.310 e. The van der Waals surface area contributed by atoms with Crippen molar-refractivity contribution in [2.45, 2.75) is 37.2 Å². The van der Waals surface area contributed by atoms with Crippen LogP contribution in [0.1, 0.15) is 25.3 Å². The molecule has 1 aliphatic rings. The first-order chi connectivity index (χ1) is 8.54. The number of nitrogens with zero attached hydrogens (tertiary/aromatic N) is 1. The van der Waals surface area contributed by atoms with Crippen molar-refractivity contribution < 1.29 is 8.42 Å². The summed E-state index contributed by atoms with van der Waals surface area (Å²) in [6, 6.07) is 7.80. The Morgan fingerprint density at radius 1 is 1.28 bits per heavy atom. The van der Waals surface area contributed by atoms with E-state index < -0.39 is 10.0 Å². The van der Waals surface area contributed by atoms with Crippen LogP contribution >= 0.6 is 0 Å². The van der Waals surface area contributed by atoms with E-state index in [0.717, 1.165) is 12.1 Å². The summed E-state index contributed by atoms with van der Waals surface area (Å²) in [5, 5.41) is 3.41. The summed E-state index contributed by atoms with van der Waals surface area (Å²) >= 11 is 0. The van der Waals surface area contributed by atoms with Crippen molar-refractivity contribution in [1.82, 2.24) is 9.62 Å². The number of rotatable bonds is 6. The first-order valence-corrected chi connectivity index (χ1v) is 7.76. The highest BCUT2D eigenvalue weighted by molar-refractivity contribution is 7.89. The van der Waals surface area contributed by atoms with Crippen molar-refractivity contribution in [1.29, 1.82) is 0 Å². The van der Waals surface area contributed by atoms with Gasteiger partial charge in [-0.25, -0.2) is 12.7 Å². The van der Waals surface area contributed by atoms with Crippen LogP contribution in [0.15, 0.2) is 29.2 Å². The summed E-state index contributed by atoms with van der Waals surface area (Å²) in [5.41, 5.74) is 1.13. The van der Waals surface area contributed by atoms with Gasteiger partial charge in [-0.3, -0.25) is 0 Å². The van der Waals surface area contributed by atoms with Gasteiger partial charge >= 0.3 is 0 Å². The van der Waals surface area contributed by atoms with Gasteiger partial charge in [-0.15, -0.1) is 0 Å². The van der Waals surface area contributed by atoms with Gasteiger partial charge in [0.1, 0.15) is 0 Å². The summed E-state index contributed by atoms with van der Waals surface area (Å²) in [4.78, 5) is 0.363. The number of hydrogen-bond acceptors (Lipinski definition) is 3. The molecule has 1 aromatic rings. The van der Waals surface area contributed by atoms with Gasteiger partial charge in [0.05, 0.1) is 4.90 Å². The highest BCUT2D eigenvalue weighted by Crippen LogP contribution is 2.20. The lowest BCUT2D eigenvalue weighted by atomic mass is 10.2. The molecule has 0 saturated heterocycles. The predicted molar refractivity (Wildman–Crippen MR) is 71.8 cm³/mol. The van der Waals surface area contributed by atoms with Gasteiger partial charge in [0, 0.05) is 26.2 Å². The SMILES string of the molecule is CCN(C)S(=O)(=O)c1ccc(CNC2CC2)cc1. The third-order valence-corrected chi connectivity index (χ3v) is 5.20. The van der Waals surface area contributed by atoms with E-state index in [-0.39, 0.29) is 0 Å². The minimum absolute atomic E-state index is 0.363. The fourth-order valence-electron chi connectivity index (χ4n) is 1.68. The number of hydrogen-bond donors (Lipinski definition) is 1. The monoisotopic (exact) mass is 268 g/mol. The lowest BCUT2D eigenvalue weighted by Gasteiger charge is -2.15. The summed E-state index contributed by atoms with van der Waals surface area (Å²) in [5.74, 6) is 0. The average molecular weight is 268 g/mol. The lowest BCUT2D eigenvalue weighted by Crippen LogP contribution is -2.26. The van der Waals surface area contributed by atoms with Gasteiger partial charge in [-0.2, -0.15) is 0 Å². The van der Waals surface area contributed by atoms with Crippen LogP contribution in [0.5, 0.6) is 0 Å². The maximum Gasteiger partial charge on any atom is 0.242 e. The van der Waals surface area contributed by atoms with Crippen LogP contribution in [0.3, 0.4) is 0 Å². The van der Waals surface area contributed by atoms with Crippen LogP contribution in [0.2, 0.25) is 0 Å². The molecule has 1 fully saturated rings. The third kappa shape index (κ3) is 3.10. The Morgan fingerprint density at radius 2 is 1.89 bits per heavy atom. The zero-order valence-electron chi connectivity index (χ0n) is 10.9. The minimum Gasteiger partial charge on any atom is -0.310 e. The molecule has 5 heteroatoms. The molecule has 1 aliphatic carbocycles. The number of nitrogens with one attached hydrogen (secondary N) is 1. The summed E-state index contributed by atoms with van der Waals surface area (Å²) < 4.78 is 25.5. The van der Waals surface area contributed by atoms with E-state index in [0.29, 0.717) is 17.5 Å². The zero-order valence-corrected chi connectivity index (χ0v) is 11.7. The van der Waals surface area contributed by atoms with Crippen LogP contribution in [-0.4, -0.2) is 32.4 Å². The molecule has 0 heterocycles. The fraction of sp³-hybridized carbons (Fsp3) is 0.538. The van der Waals surface area contributed by atoms with E-state index in [1.54, 1.807) is 19.2 Å². The molecule has 4 nitrogen and oxygen atoms in total. The second-order valence-electron chi connectivity index (χ2n) is 4.72. The smallest absolute Gasteiger partial charge is 0.242 e. The van der Waals surface area contributed by atoms with Crippen molar-refractivity contribution in [3.05, 3.63) is 29.8 Å². The molecule has 0 aliphatic heterocycles. The second kappa shape index (κ2) is 5.38. The van der Waals surface area contributed by atoms with Crippen molar-refractivity contribution in [3.63, 3.8) is 0 Å². The molecule has 100 valence electrons. The molecule has 1 saturated carbocycles. The zero-order chi connectivity index (χ0) is 13.2. The van der Waals surface area contributed by atoms with Crippen molar-refractivity contribution >= 4 is 10.0 Å². The maximum absolute atomic E-state index is 12.1. The predicted octanol–water partition coefficient (Wildman–Crippen LogP) is 1.58. The summed E-state index contributed by atoms with van der Waals surface area (Å²) in [6.45, 7) is 3.12. The van der Waals surface area contributed by atoms with Gasteiger partial charge in [-0.1, -0.05) is 19.1 Å². The second-order valence-corrected chi connectivity index (χ2v) is 6.76. The normalized spacial score (nSPS) is 16.2. The van der Waals surface area contributed by atoms with Crippen LogP contribution in [0.25, 0.3) is 0 Å². The fourth-order valence-corrected chi connectivity index (χ4v) is 2.86. The molecule has 0 spiro atoms. The molecule has 0 bridgehead atoms. The Bertz CT molecular complexity index is 492. The van der Waals surface area contributed by atoms with Gasteiger partial charge in [0.2, 0.25) is 10.0 Å². The third-order valence-electron chi connectivity index (χ3n) is 3.25. The molecular formula is C13H20N2O2S. The Morgan fingerprint density at radius 3 is 2.39 bits per heavy atom. The van der Waals surface area contributed by atoms with E-state index in [1.165, 1.54) is 17.1 Å². The Hall–Kier alpha value is -0.910. The van der Waals surface area contributed by atoms with E-state index >= 15 is 0 Å². The molecular weight excluding hydrogens is 248 g/mol. The molecule has 2 rings (SSSR count). The topological polar surface area (TPSA) is 49.4 Å². The Labute approximate surface area is 109 Å². The molecule has 0 atom stereocenters. The van der Waals surface area contributed by atoms with Crippen molar-refractivity contribution in [2.24, 2.45) is 0 Å². The molecule has 1 aromatic carbocycles. The first kappa shape index (κ1) is 13.5. The molecule has 0 amide bonds. The Kier molecular flexibility index (Phi) is 4.04. The lowest BCUT2D eigenvalue weighted by molar-refractivity contribution is 0.486. The summed E-state index contributed by atoms with van der Waals surface area (Å²) in [7, 11) is -1.72. The highest BCUT2D eigenvalue weighted by Gasteiger charge is 2.21. The van der Waals surface area contributed by atoms with Crippen LogP contribution < -0.4 is 5.32 Å². The number of sulfonamides is 1. The van der Waals surface area contributed by atoms with E-state index in [2.05, 4.69) is 5.32 Å². The van der Waals surface area contributed by atoms with Gasteiger partial charge in [0.15, 0.2) is 0 Å². The molecule has 0 aromatic heterocycles. The van der Waals surface area contributed by atoms with Crippen molar-refractivity contribution in [3.8, 4) is 0 Å². The summed E-state index contributed by atoms with van der Waals surface area (Å²) in [6.07, 6.45) is 2.52. The van der Waals surface area contributed by atoms with Gasteiger partial charge in [0.25, 0.3) is 0 Å². The van der Waals surface area contributed by atoms with Crippen LogP contribution in [0, 0.1) is 0 Å². The molecule has 0 radical (unpaired) electrons. The maximum atomic E-state index is 12.1. The molecule has 1 N–H and O–H groups in total. The van der Waals surface area contributed by atoms with Gasteiger partial charge in [-0.05, 0) is 30.5 Å². The van der Waals surface area contributed by atoms with E-state index in [4.69, 9.17) is 0 Å². The first-order valence-electron chi connectivity index (χ1n) is 6.32.